The Labute approximate surface area is 236 Å². The van der Waals surface area contributed by atoms with Gasteiger partial charge in [0, 0.05) is 5.56 Å². The molecule has 0 saturated heterocycles. The predicted molar refractivity (Wildman–Crippen MR) is 154 cm³/mol. The zero-order chi connectivity index (χ0) is 29.0. The van der Waals surface area contributed by atoms with Crippen LogP contribution < -0.4 is 20.2 Å². The number of rotatable bonds is 12. The van der Waals surface area contributed by atoms with Gasteiger partial charge in [0.05, 0.1) is 42.3 Å². The Hall–Kier alpha value is -5.51. The minimum Gasteiger partial charge on any atom is -0.493 e. The molecule has 0 spiro atoms. The molecule has 4 rings (SSSR count). The Kier molecular flexibility index (Phi) is 9.76. The second kappa shape index (κ2) is 14.0. The number of hydrogen-bond donors (Lipinski definition) is 2. The van der Waals surface area contributed by atoms with Crippen LogP contribution in [0.4, 0.5) is 5.69 Å². The lowest BCUT2D eigenvalue weighted by molar-refractivity contribution is -0.385. The molecule has 0 aliphatic rings. The Morgan fingerprint density at radius 1 is 0.927 bits per heavy atom. The van der Waals surface area contributed by atoms with Gasteiger partial charge < -0.3 is 14.8 Å². The first kappa shape index (κ1) is 28.5. The van der Waals surface area contributed by atoms with Gasteiger partial charge >= 0.3 is 0 Å². The van der Waals surface area contributed by atoms with Crippen LogP contribution in [0.3, 0.4) is 0 Å². The molecule has 0 unspecified atom stereocenters. The fourth-order valence-electron chi connectivity index (χ4n) is 4.01. The van der Waals surface area contributed by atoms with Gasteiger partial charge in [-0.15, -0.1) is 0 Å². The van der Waals surface area contributed by atoms with Crippen molar-refractivity contribution in [2.24, 2.45) is 5.10 Å². The molecule has 0 aliphatic carbocycles. The Balaban J connectivity index is 1.46. The molecule has 0 saturated carbocycles. The zero-order valence-electron chi connectivity index (χ0n) is 22.2. The Morgan fingerprint density at radius 3 is 2.20 bits per heavy atom. The SMILES string of the molecule is COc1cc(/C=N\NC(=O)C[C@H](NC(=O)c2ccccc2)c2ccccc2)c([N+](=O)[O-])cc1OCc1ccccc1. The number of nitrogens with zero attached hydrogens (tertiary/aromatic N) is 2. The number of amides is 2. The highest BCUT2D eigenvalue weighted by Crippen LogP contribution is 2.34. The molecule has 2 amide bonds. The first-order valence-corrected chi connectivity index (χ1v) is 12.7. The van der Waals surface area contributed by atoms with Crippen molar-refractivity contribution in [2.75, 3.05) is 7.11 Å². The average Bonchev–Trinajstić information content (AvgIpc) is 3.01. The third-order valence-corrected chi connectivity index (χ3v) is 6.07. The van der Waals surface area contributed by atoms with Crippen molar-refractivity contribution >= 4 is 23.7 Å². The number of nitro benzene ring substituents is 1. The van der Waals surface area contributed by atoms with Crippen molar-refractivity contribution in [3.05, 3.63) is 135 Å². The van der Waals surface area contributed by atoms with Crippen LogP contribution in [0.1, 0.15) is 39.5 Å². The molecule has 0 heterocycles. The summed E-state index contributed by atoms with van der Waals surface area (Å²) in [5.74, 6) is -0.356. The van der Waals surface area contributed by atoms with Crippen molar-refractivity contribution < 1.29 is 24.0 Å². The molecule has 0 radical (unpaired) electrons. The first-order valence-electron chi connectivity index (χ1n) is 12.7. The van der Waals surface area contributed by atoms with Gasteiger partial charge in [-0.25, -0.2) is 5.43 Å². The number of ether oxygens (including phenoxy) is 2. The van der Waals surface area contributed by atoms with E-state index in [4.69, 9.17) is 9.47 Å². The molecule has 4 aromatic rings. The number of hydrazone groups is 1. The van der Waals surface area contributed by atoms with Crippen molar-refractivity contribution in [3.8, 4) is 11.5 Å². The lowest BCUT2D eigenvalue weighted by Crippen LogP contribution is -2.32. The second-order valence-corrected chi connectivity index (χ2v) is 8.89. The van der Waals surface area contributed by atoms with Gasteiger partial charge in [0.25, 0.3) is 11.6 Å². The number of nitrogens with one attached hydrogen (secondary N) is 2. The summed E-state index contributed by atoms with van der Waals surface area (Å²) in [6, 6.07) is 29.2. The molecule has 41 heavy (non-hydrogen) atoms. The van der Waals surface area contributed by atoms with Gasteiger partial charge in [0.1, 0.15) is 6.61 Å². The van der Waals surface area contributed by atoms with Crippen molar-refractivity contribution in [1.82, 2.24) is 10.7 Å². The van der Waals surface area contributed by atoms with Crippen LogP contribution in [0.15, 0.2) is 108 Å². The molecule has 10 heteroatoms. The minimum atomic E-state index is -0.630. The highest BCUT2D eigenvalue weighted by molar-refractivity contribution is 5.95. The van der Waals surface area contributed by atoms with E-state index in [0.29, 0.717) is 5.56 Å². The maximum atomic E-state index is 12.8. The largest absolute Gasteiger partial charge is 0.493 e. The second-order valence-electron chi connectivity index (χ2n) is 8.89. The lowest BCUT2D eigenvalue weighted by Gasteiger charge is -2.18. The number of hydrogen-bond acceptors (Lipinski definition) is 7. The van der Waals surface area contributed by atoms with Crippen molar-refractivity contribution in [3.63, 3.8) is 0 Å². The number of nitro groups is 1. The van der Waals surface area contributed by atoms with Crippen LogP contribution in [-0.2, 0) is 11.4 Å². The van der Waals surface area contributed by atoms with E-state index in [0.717, 1.165) is 11.1 Å². The van der Waals surface area contributed by atoms with E-state index in [1.165, 1.54) is 25.5 Å². The van der Waals surface area contributed by atoms with Gasteiger partial charge in [0.2, 0.25) is 5.91 Å². The molecular weight excluding hydrogens is 524 g/mol. The zero-order valence-corrected chi connectivity index (χ0v) is 22.2. The van der Waals surface area contributed by atoms with E-state index in [2.05, 4.69) is 15.8 Å². The topological polar surface area (TPSA) is 132 Å². The summed E-state index contributed by atoms with van der Waals surface area (Å²) in [5.41, 5.74) is 4.32. The maximum Gasteiger partial charge on any atom is 0.282 e. The fourth-order valence-corrected chi connectivity index (χ4v) is 4.01. The van der Waals surface area contributed by atoms with E-state index in [1.807, 2.05) is 66.7 Å². The molecule has 2 N–H and O–H groups in total. The normalized spacial score (nSPS) is 11.4. The van der Waals surface area contributed by atoms with Gasteiger partial charge in [-0.3, -0.25) is 19.7 Å². The van der Waals surface area contributed by atoms with E-state index < -0.39 is 16.9 Å². The number of methoxy groups -OCH3 is 1. The molecule has 1 atom stereocenters. The summed E-state index contributed by atoms with van der Waals surface area (Å²) in [6.45, 7) is 0.196. The molecule has 10 nitrogen and oxygen atoms in total. The van der Waals surface area contributed by atoms with Crippen LogP contribution >= 0.6 is 0 Å². The summed E-state index contributed by atoms with van der Waals surface area (Å²) in [7, 11) is 1.42. The van der Waals surface area contributed by atoms with E-state index in [1.54, 1.807) is 24.3 Å². The monoisotopic (exact) mass is 552 g/mol. The molecular formula is C31H28N4O6. The Morgan fingerprint density at radius 2 is 1.56 bits per heavy atom. The summed E-state index contributed by atoms with van der Waals surface area (Å²) in [6.07, 6.45) is 1.05. The van der Waals surface area contributed by atoms with Crippen LogP contribution in [0.5, 0.6) is 11.5 Å². The van der Waals surface area contributed by atoms with E-state index in [9.17, 15) is 19.7 Å². The molecule has 208 valence electrons. The average molecular weight is 553 g/mol. The third-order valence-electron chi connectivity index (χ3n) is 6.07. The third kappa shape index (κ3) is 7.99. The molecule has 4 aromatic carbocycles. The van der Waals surface area contributed by atoms with E-state index >= 15 is 0 Å². The summed E-state index contributed by atoms with van der Waals surface area (Å²) >= 11 is 0. The van der Waals surface area contributed by atoms with Crippen LogP contribution in [0.2, 0.25) is 0 Å². The van der Waals surface area contributed by atoms with Gasteiger partial charge in [-0.2, -0.15) is 5.10 Å². The van der Waals surface area contributed by atoms with Crippen LogP contribution in [0, 0.1) is 10.1 Å². The van der Waals surface area contributed by atoms with Crippen molar-refractivity contribution in [1.29, 1.82) is 0 Å². The smallest absolute Gasteiger partial charge is 0.282 e. The molecule has 0 fully saturated rings. The Bertz CT molecular complexity index is 1510. The highest BCUT2D eigenvalue weighted by Gasteiger charge is 2.21. The van der Waals surface area contributed by atoms with E-state index in [-0.39, 0.29) is 41.7 Å². The van der Waals surface area contributed by atoms with Crippen molar-refractivity contribution in [2.45, 2.75) is 19.1 Å². The predicted octanol–water partition coefficient (Wildman–Crippen LogP) is 5.19. The van der Waals surface area contributed by atoms with Gasteiger partial charge in [-0.05, 0) is 29.3 Å². The number of carbonyl (C=O) groups is 2. The molecule has 0 aliphatic heterocycles. The number of benzene rings is 4. The fraction of sp³-hybridized carbons (Fsp3) is 0.129. The standard InChI is InChI=1S/C31H28N4O6/c1-40-28-17-25(27(35(38)39)19-29(28)41-21-22-11-5-2-6-12-22)20-32-34-30(36)18-26(23-13-7-3-8-14-23)33-31(37)24-15-9-4-10-16-24/h2-17,19-20,26H,18,21H2,1H3,(H,33,37)(H,34,36)/b32-20-/t26-/m0/s1. The summed E-state index contributed by atoms with van der Waals surface area (Å²) < 4.78 is 11.1. The molecule has 0 bridgehead atoms. The van der Waals surface area contributed by atoms with Gasteiger partial charge in [-0.1, -0.05) is 78.9 Å². The van der Waals surface area contributed by atoms with Gasteiger partial charge in [0.15, 0.2) is 11.5 Å². The highest BCUT2D eigenvalue weighted by atomic mass is 16.6. The summed E-state index contributed by atoms with van der Waals surface area (Å²) in [5, 5.41) is 18.6. The maximum absolute atomic E-state index is 12.8. The molecule has 0 aromatic heterocycles. The number of carbonyl (C=O) groups excluding carboxylic acids is 2. The summed E-state index contributed by atoms with van der Waals surface area (Å²) in [4.78, 5) is 36.8. The lowest BCUT2D eigenvalue weighted by atomic mass is 10.0. The quantitative estimate of drug-likeness (QED) is 0.141. The minimum absolute atomic E-state index is 0.108. The van der Waals surface area contributed by atoms with Crippen LogP contribution in [-0.4, -0.2) is 30.1 Å². The first-order chi connectivity index (χ1) is 19.9. The van der Waals surface area contributed by atoms with Crippen LogP contribution in [0.25, 0.3) is 0 Å².